The number of ether oxygens (including phenoxy) is 1. The molecule has 0 atom stereocenters. The Labute approximate surface area is 163 Å². The van der Waals surface area contributed by atoms with E-state index in [0.717, 1.165) is 0 Å². The second-order valence-corrected chi connectivity index (χ2v) is 6.16. The average molecular weight is 390 g/mol. The molecular formula is C20H14N4O5. The Morgan fingerprint density at radius 1 is 1.07 bits per heavy atom. The summed E-state index contributed by atoms with van der Waals surface area (Å²) in [6.45, 7) is 0. The fourth-order valence-electron chi connectivity index (χ4n) is 3.03. The summed E-state index contributed by atoms with van der Waals surface area (Å²) >= 11 is 0. The van der Waals surface area contributed by atoms with Crippen LogP contribution in [0.2, 0.25) is 0 Å². The minimum Gasteiger partial charge on any atom is -0.465 e. The van der Waals surface area contributed by atoms with Gasteiger partial charge in [0.2, 0.25) is 0 Å². The van der Waals surface area contributed by atoms with E-state index in [0.29, 0.717) is 11.4 Å². The normalized spacial score (nSPS) is 10.8. The molecule has 0 unspecified atom stereocenters. The first-order valence-corrected chi connectivity index (χ1v) is 8.53. The number of carbonyl (C=O) groups is 1. The maximum atomic E-state index is 13.0. The second kappa shape index (κ2) is 7.04. The van der Waals surface area contributed by atoms with Gasteiger partial charge in [0, 0.05) is 24.5 Å². The standard InChI is InChI=1S/C20H14N4O5/c1-29-20(26)17-12-22(14-8-5-9-15(10-14)24(27)28)11-16-18(17)21-23(19(16)25)13-6-3-2-4-7-13/h2-12H,1H3. The van der Waals surface area contributed by atoms with Crippen molar-refractivity contribution in [2.45, 2.75) is 0 Å². The van der Waals surface area contributed by atoms with Gasteiger partial charge in [-0.1, -0.05) is 24.3 Å². The number of fused-ring (bicyclic) bond motifs is 1. The van der Waals surface area contributed by atoms with Gasteiger partial charge in [-0.05, 0) is 18.2 Å². The number of methoxy groups -OCH3 is 1. The summed E-state index contributed by atoms with van der Waals surface area (Å²) in [6, 6.07) is 14.7. The fourth-order valence-corrected chi connectivity index (χ4v) is 3.03. The number of pyridine rings is 1. The van der Waals surface area contributed by atoms with Gasteiger partial charge in [0.05, 0.1) is 29.0 Å². The molecule has 2 aromatic carbocycles. The van der Waals surface area contributed by atoms with Gasteiger partial charge in [-0.3, -0.25) is 14.9 Å². The number of hydrogen-bond acceptors (Lipinski definition) is 6. The quantitative estimate of drug-likeness (QED) is 0.301. The highest BCUT2D eigenvalue weighted by Crippen LogP contribution is 2.26. The highest BCUT2D eigenvalue weighted by Gasteiger charge is 2.25. The first-order chi connectivity index (χ1) is 14.0. The Morgan fingerprint density at radius 2 is 1.79 bits per heavy atom. The van der Waals surface area contributed by atoms with Crippen LogP contribution in [0.5, 0.6) is 0 Å². The molecule has 2 aromatic rings. The summed E-state index contributed by atoms with van der Waals surface area (Å²) in [6.07, 6.45) is 2.94. The van der Waals surface area contributed by atoms with E-state index in [-0.39, 0.29) is 22.5 Å². The minimum absolute atomic E-state index is 0.0725. The van der Waals surface area contributed by atoms with E-state index >= 15 is 0 Å². The molecule has 2 aliphatic heterocycles. The van der Waals surface area contributed by atoms with Crippen LogP contribution in [0.25, 0.3) is 22.6 Å². The Morgan fingerprint density at radius 3 is 2.48 bits per heavy atom. The monoisotopic (exact) mass is 390 g/mol. The SMILES string of the molecule is COC(=O)c1cn(-c2cccc([N+](=O)[O-])c2)cc2c(=O)n(-c3ccccc3)nc1-2. The number of esters is 1. The van der Waals surface area contributed by atoms with Gasteiger partial charge in [0.25, 0.3) is 11.2 Å². The number of non-ortho nitro benzene ring substituents is 1. The van der Waals surface area contributed by atoms with Gasteiger partial charge in [-0.15, -0.1) is 0 Å². The lowest BCUT2D eigenvalue weighted by Crippen LogP contribution is -2.15. The number of nitro benzene ring substituents is 1. The van der Waals surface area contributed by atoms with Crippen LogP contribution in [0.4, 0.5) is 5.69 Å². The predicted octanol–water partition coefficient (Wildman–Crippen LogP) is 2.82. The molecule has 0 radical (unpaired) electrons. The number of aromatic nitrogens is 3. The van der Waals surface area contributed by atoms with E-state index in [2.05, 4.69) is 5.10 Å². The van der Waals surface area contributed by atoms with Gasteiger partial charge in [0.1, 0.15) is 11.3 Å². The Bertz CT molecular complexity index is 1260. The van der Waals surface area contributed by atoms with Crippen molar-refractivity contribution >= 4 is 11.7 Å². The zero-order valence-corrected chi connectivity index (χ0v) is 15.2. The molecule has 0 aromatic heterocycles. The molecule has 0 aliphatic carbocycles. The molecule has 0 bridgehead atoms. The molecule has 0 spiro atoms. The molecule has 144 valence electrons. The fraction of sp³-hybridized carbons (Fsp3) is 0.0500. The lowest BCUT2D eigenvalue weighted by Gasteiger charge is -2.11. The maximum Gasteiger partial charge on any atom is 0.341 e. The number of benzene rings is 2. The zero-order chi connectivity index (χ0) is 20.5. The van der Waals surface area contributed by atoms with Crippen molar-refractivity contribution in [2.75, 3.05) is 7.11 Å². The molecule has 2 heterocycles. The number of hydrogen-bond donors (Lipinski definition) is 0. The molecular weight excluding hydrogens is 376 g/mol. The average Bonchev–Trinajstić information content (AvgIpc) is 3.09. The van der Waals surface area contributed by atoms with Gasteiger partial charge < -0.3 is 9.30 Å². The summed E-state index contributed by atoms with van der Waals surface area (Å²) in [7, 11) is 1.23. The molecule has 0 N–H and O–H groups in total. The van der Waals surface area contributed by atoms with E-state index in [1.807, 2.05) is 6.07 Å². The van der Waals surface area contributed by atoms with Crippen molar-refractivity contribution in [3.8, 4) is 22.6 Å². The van der Waals surface area contributed by atoms with Crippen LogP contribution in [-0.4, -0.2) is 32.3 Å². The third kappa shape index (κ3) is 3.14. The number of para-hydroxylation sites is 1. The second-order valence-electron chi connectivity index (χ2n) is 6.16. The highest BCUT2D eigenvalue weighted by atomic mass is 16.6. The first-order valence-electron chi connectivity index (χ1n) is 8.53. The number of carbonyl (C=O) groups excluding carboxylic acids is 1. The van der Waals surface area contributed by atoms with Crippen LogP contribution in [-0.2, 0) is 4.74 Å². The van der Waals surface area contributed by atoms with E-state index < -0.39 is 16.5 Å². The van der Waals surface area contributed by atoms with Crippen molar-refractivity contribution in [3.05, 3.63) is 93.0 Å². The topological polar surface area (TPSA) is 109 Å². The van der Waals surface area contributed by atoms with Gasteiger partial charge in [0.15, 0.2) is 0 Å². The summed E-state index contributed by atoms with van der Waals surface area (Å²) in [5.74, 6) is -0.674. The molecule has 2 aliphatic rings. The predicted molar refractivity (Wildman–Crippen MR) is 104 cm³/mol. The highest BCUT2D eigenvalue weighted by molar-refractivity contribution is 5.96. The Hall–Kier alpha value is -4.27. The molecule has 0 amide bonds. The Balaban J connectivity index is 1.99. The maximum absolute atomic E-state index is 13.0. The molecule has 0 saturated heterocycles. The first kappa shape index (κ1) is 18.1. The van der Waals surface area contributed by atoms with Crippen LogP contribution in [0.1, 0.15) is 10.4 Å². The van der Waals surface area contributed by atoms with Crippen LogP contribution in [0.15, 0.2) is 71.8 Å². The zero-order valence-electron chi connectivity index (χ0n) is 15.2. The minimum atomic E-state index is -0.674. The molecule has 9 heteroatoms. The lowest BCUT2D eigenvalue weighted by atomic mass is 10.1. The van der Waals surface area contributed by atoms with Gasteiger partial charge in [-0.25, -0.2) is 4.79 Å². The third-order valence-corrected chi connectivity index (χ3v) is 4.41. The molecule has 29 heavy (non-hydrogen) atoms. The van der Waals surface area contributed by atoms with E-state index in [1.165, 1.54) is 47.0 Å². The van der Waals surface area contributed by atoms with Crippen LogP contribution in [0, 0.1) is 10.1 Å². The van der Waals surface area contributed by atoms with Crippen molar-refractivity contribution < 1.29 is 14.5 Å². The van der Waals surface area contributed by atoms with E-state index in [9.17, 15) is 19.7 Å². The number of nitrogens with zero attached hydrogens (tertiary/aromatic N) is 4. The van der Waals surface area contributed by atoms with Gasteiger partial charge >= 0.3 is 5.97 Å². The van der Waals surface area contributed by atoms with Crippen molar-refractivity contribution in [3.63, 3.8) is 0 Å². The van der Waals surface area contributed by atoms with Crippen LogP contribution >= 0.6 is 0 Å². The van der Waals surface area contributed by atoms with Gasteiger partial charge in [-0.2, -0.15) is 9.78 Å². The molecule has 0 saturated carbocycles. The largest absolute Gasteiger partial charge is 0.465 e. The van der Waals surface area contributed by atoms with Crippen molar-refractivity contribution in [1.29, 1.82) is 0 Å². The molecule has 9 nitrogen and oxygen atoms in total. The van der Waals surface area contributed by atoms with Crippen molar-refractivity contribution in [2.24, 2.45) is 0 Å². The summed E-state index contributed by atoms with van der Waals surface area (Å²) in [5.41, 5.74) is 0.872. The van der Waals surface area contributed by atoms with Crippen LogP contribution in [0.3, 0.4) is 0 Å². The van der Waals surface area contributed by atoms with Crippen LogP contribution < -0.4 is 5.56 Å². The van der Waals surface area contributed by atoms with E-state index in [1.54, 1.807) is 30.3 Å². The summed E-state index contributed by atoms with van der Waals surface area (Å²) in [5, 5.41) is 15.4. The molecule has 0 fully saturated rings. The smallest absolute Gasteiger partial charge is 0.341 e. The summed E-state index contributed by atoms with van der Waals surface area (Å²) < 4.78 is 7.52. The van der Waals surface area contributed by atoms with E-state index in [4.69, 9.17) is 4.74 Å². The lowest BCUT2D eigenvalue weighted by molar-refractivity contribution is -0.384. The number of nitro groups is 1. The summed E-state index contributed by atoms with van der Waals surface area (Å²) in [4.78, 5) is 35.9. The molecule has 4 rings (SSSR count). The van der Waals surface area contributed by atoms with Crippen molar-refractivity contribution in [1.82, 2.24) is 14.3 Å². The number of rotatable bonds is 4. The Kier molecular flexibility index (Phi) is 4.40. The third-order valence-electron chi connectivity index (χ3n) is 4.41.